The van der Waals surface area contributed by atoms with E-state index in [-0.39, 0.29) is 0 Å². The molecular weight excluding hydrogens is 240 g/mol. The zero-order valence-electron chi connectivity index (χ0n) is 10.8. The molecule has 2 heterocycles. The summed E-state index contributed by atoms with van der Waals surface area (Å²) in [6, 6.07) is 9.67. The van der Waals surface area contributed by atoms with Gasteiger partial charge in [0.15, 0.2) is 0 Å². The summed E-state index contributed by atoms with van der Waals surface area (Å²) in [6.45, 7) is 2.10. The molecule has 0 saturated carbocycles. The van der Waals surface area contributed by atoms with E-state index in [9.17, 15) is 5.11 Å². The minimum absolute atomic E-state index is 0.461. The number of hydrogen-bond acceptors (Lipinski definition) is 3. The summed E-state index contributed by atoms with van der Waals surface area (Å²) < 4.78 is 7.20. The number of rotatable bonds is 4. The summed E-state index contributed by atoms with van der Waals surface area (Å²) in [5, 5.41) is 14.5. The highest BCUT2D eigenvalue weighted by molar-refractivity contribution is 5.17. The topological polar surface area (TPSA) is 47.3 Å². The Labute approximate surface area is 112 Å². The van der Waals surface area contributed by atoms with Crippen LogP contribution in [0.5, 0.6) is 0 Å². The first-order valence-electron chi connectivity index (χ1n) is 6.66. The summed E-state index contributed by atoms with van der Waals surface area (Å²) in [4.78, 5) is 0. The van der Waals surface area contributed by atoms with E-state index >= 15 is 0 Å². The van der Waals surface area contributed by atoms with E-state index in [0.29, 0.717) is 12.5 Å². The van der Waals surface area contributed by atoms with Crippen LogP contribution in [0, 0.1) is 0 Å². The highest BCUT2D eigenvalue weighted by atomic mass is 16.5. The first-order chi connectivity index (χ1) is 9.33. The van der Waals surface area contributed by atoms with Crippen molar-refractivity contribution in [1.82, 2.24) is 9.78 Å². The molecule has 0 bridgehead atoms. The minimum Gasteiger partial charge on any atom is -0.386 e. The molecule has 4 heteroatoms. The molecule has 1 N–H and O–H groups in total. The van der Waals surface area contributed by atoms with E-state index in [1.807, 2.05) is 47.4 Å². The molecule has 4 nitrogen and oxygen atoms in total. The quantitative estimate of drug-likeness (QED) is 0.913. The molecule has 100 valence electrons. The third-order valence-electron chi connectivity index (χ3n) is 3.60. The Balaban J connectivity index is 1.66. The highest BCUT2D eigenvalue weighted by Crippen LogP contribution is 2.25. The van der Waals surface area contributed by atoms with Gasteiger partial charge in [-0.25, -0.2) is 0 Å². The van der Waals surface area contributed by atoms with Crippen molar-refractivity contribution in [3.05, 3.63) is 53.9 Å². The first-order valence-corrected chi connectivity index (χ1v) is 6.66. The van der Waals surface area contributed by atoms with Crippen LogP contribution >= 0.6 is 0 Å². The molecule has 1 saturated heterocycles. The fourth-order valence-corrected chi connectivity index (χ4v) is 2.45. The van der Waals surface area contributed by atoms with Crippen LogP contribution in [0.15, 0.2) is 42.7 Å². The molecule has 0 amide bonds. The van der Waals surface area contributed by atoms with Gasteiger partial charge in [0.25, 0.3) is 0 Å². The normalized spacial score (nSPS) is 20.6. The maximum Gasteiger partial charge on any atom is 0.0985 e. The molecule has 1 aliphatic heterocycles. The molecular formula is C15H18N2O2. The van der Waals surface area contributed by atoms with Gasteiger partial charge >= 0.3 is 0 Å². The number of aliphatic hydroxyl groups excluding tert-OH is 1. The number of aliphatic hydroxyl groups is 1. The predicted molar refractivity (Wildman–Crippen MR) is 71.8 cm³/mol. The zero-order valence-corrected chi connectivity index (χ0v) is 10.8. The lowest BCUT2D eigenvalue weighted by atomic mass is 10.0. The van der Waals surface area contributed by atoms with Gasteiger partial charge in [0, 0.05) is 18.7 Å². The Kier molecular flexibility index (Phi) is 3.62. The van der Waals surface area contributed by atoms with Crippen molar-refractivity contribution in [2.45, 2.75) is 25.0 Å². The molecule has 1 fully saturated rings. The van der Waals surface area contributed by atoms with Crippen molar-refractivity contribution in [3.63, 3.8) is 0 Å². The molecule has 3 rings (SSSR count). The third kappa shape index (κ3) is 2.85. The van der Waals surface area contributed by atoms with Crippen LogP contribution in [0.2, 0.25) is 0 Å². The number of benzene rings is 1. The molecule has 2 aromatic rings. The molecule has 1 aromatic heterocycles. The molecule has 19 heavy (non-hydrogen) atoms. The number of hydrogen-bond donors (Lipinski definition) is 1. The molecule has 0 radical (unpaired) electrons. The second-order valence-electron chi connectivity index (χ2n) is 4.98. The average molecular weight is 258 g/mol. The Morgan fingerprint density at radius 3 is 2.95 bits per heavy atom. The van der Waals surface area contributed by atoms with Crippen molar-refractivity contribution in [2.75, 3.05) is 13.2 Å². The van der Waals surface area contributed by atoms with Gasteiger partial charge in [0.05, 0.1) is 25.5 Å². The maximum atomic E-state index is 10.2. The smallest absolute Gasteiger partial charge is 0.0985 e. The van der Waals surface area contributed by atoms with Crippen LogP contribution < -0.4 is 0 Å². The van der Waals surface area contributed by atoms with E-state index in [2.05, 4.69) is 5.10 Å². The maximum absolute atomic E-state index is 10.2. The predicted octanol–water partition coefficient (Wildman–Crippen LogP) is 2.12. The molecule has 2 atom stereocenters. The van der Waals surface area contributed by atoms with Gasteiger partial charge in [-0.2, -0.15) is 5.10 Å². The van der Waals surface area contributed by atoms with Crippen LogP contribution in [-0.4, -0.2) is 28.1 Å². The van der Waals surface area contributed by atoms with Crippen LogP contribution in [0.3, 0.4) is 0 Å². The summed E-state index contributed by atoms with van der Waals surface area (Å²) in [7, 11) is 0. The fourth-order valence-electron chi connectivity index (χ4n) is 2.45. The van der Waals surface area contributed by atoms with Crippen molar-refractivity contribution in [3.8, 4) is 0 Å². The van der Waals surface area contributed by atoms with Crippen molar-refractivity contribution >= 4 is 0 Å². The summed E-state index contributed by atoms with van der Waals surface area (Å²) in [5.74, 6) is 0.461. The lowest BCUT2D eigenvalue weighted by Crippen LogP contribution is -2.09. The summed E-state index contributed by atoms with van der Waals surface area (Å²) in [6.07, 6.45) is 4.45. The van der Waals surface area contributed by atoms with Crippen LogP contribution in [0.1, 0.15) is 29.6 Å². The average Bonchev–Trinajstić information content (AvgIpc) is 3.10. The Hall–Kier alpha value is -1.65. The lowest BCUT2D eigenvalue weighted by molar-refractivity contribution is 0.151. The van der Waals surface area contributed by atoms with Gasteiger partial charge < -0.3 is 9.84 Å². The van der Waals surface area contributed by atoms with Gasteiger partial charge in [-0.1, -0.05) is 30.3 Å². The second-order valence-corrected chi connectivity index (χ2v) is 4.98. The van der Waals surface area contributed by atoms with E-state index in [1.54, 1.807) is 0 Å². The zero-order chi connectivity index (χ0) is 13.1. The molecule has 1 aliphatic rings. The van der Waals surface area contributed by atoms with Gasteiger partial charge in [-0.15, -0.1) is 0 Å². The number of ether oxygens (including phenoxy) is 1. The van der Waals surface area contributed by atoms with Crippen molar-refractivity contribution in [1.29, 1.82) is 0 Å². The van der Waals surface area contributed by atoms with Crippen molar-refractivity contribution in [2.24, 2.45) is 0 Å². The molecule has 0 spiro atoms. The fraction of sp³-hybridized carbons (Fsp3) is 0.400. The molecule has 1 unspecified atom stereocenters. The van der Waals surface area contributed by atoms with E-state index in [0.717, 1.165) is 25.2 Å². The molecule has 1 aromatic carbocycles. The van der Waals surface area contributed by atoms with Gasteiger partial charge in [0.2, 0.25) is 0 Å². The SMILES string of the molecule is O[C@@H](Cn1cc(C2CCOC2)cn1)c1ccccc1. The molecule has 0 aliphatic carbocycles. The van der Waals surface area contributed by atoms with Gasteiger partial charge in [-0.3, -0.25) is 4.68 Å². The number of aromatic nitrogens is 2. The van der Waals surface area contributed by atoms with Crippen LogP contribution in [0.25, 0.3) is 0 Å². The lowest BCUT2D eigenvalue weighted by Gasteiger charge is -2.10. The second kappa shape index (κ2) is 5.55. The summed E-state index contributed by atoms with van der Waals surface area (Å²) >= 11 is 0. The van der Waals surface area contributed by atoms with E-state index < -0.39 is 6.10 Å². The van der Waals surface area contributed by atoms with Crippen LogP contribution in [-0.2, 0) is 11.3 Å². The monoisotopic (exact) mass is 258 g/mol. The highest BCUT2D eigenvalue weighted by Gasteiger charge is 2.19. The number of nitrogens with zero attached hydrogens (tertiary/aromatic N) is 2. The Morgan fingerprint density at radius 2 is 2.21 bits per heavy atom. The van der Waals surface area contributed by atoms with Crippen LogP contribution in [0.4, 0.5) is 0 Å². The summed E-state index contributed by atoms with van der Waals surface area (Å²) in [5.41, 5.74) is 2.13. The van der Waals surface area contributed by atoms with E-state index in [1.165, 1.54) is 5.56 Å². The van der Waals surface area contributed by atoms with Crippen molar-refractivity contribution < 1.29 is 9.84 Å². The Morgan fingerprint density at radius 1 is 1.37 bits per heavy atom. The van der Waals surface area contributed by atoms with Gasteiger partial charge in [-0.05, 0) is 17.5 Å². The third-order valence-corrected chi connectivity index (χ3v) is 3.60. The standard InChI is InChI=1S/C15H18N2O2/c18-15(12-4-2-1-3-5-12)10-17-9-14(8-16-17)13-6-7-19-11-13/h1-5,8-9,13,15,18H,6-7,10-11H2/t13?,15-/m0/s1. The Bertz CT molecular complexity index is 518. The minimum atomic E-state index is -0.520. The largest absolute Gasteiger partial charge is 0.386 e. The first kappa shape index (κ1) is 12.4. The van der Waals surface area contributed by atoms with Gasteiger partial charge in [0.1, 0.15) is 0 Å². The van der Waals surface area contributed by atoms with E-state index in [4.69, 9.17) is 4.74 Å².